The molecule has 0 saturated carbocycles. The molecule has 0 spiro atoms. The second-order valence-electron chi connectivity index (χ2n) is 6.41. The van der Waals surface area contributed by atoms with Crippen LogP contribution in [0.1, 0.15) is 12.8 Å². The number of nitrogens with zero attached hydrogens (tertiary/aromatic N) is 1. The molecule has 1 amide bonds. The predicted octanol–water partition coefficient (Wildman–Crippen LogP) is 3.97. The highest BCUT2D eigenvalue weighted by molar-refractivity contribution is 7.82. The normalized spacial score (nSPS) is 18.7. The van der Waals surface area contributed by atoms with Crippen molar-refractivity contribution in [2.24, 2.45) is 0 Å². The Morgan fingerprint density at radius 3 is 2.50 bits per heavy atom. The fraction of sp³-hybridized carbons (Fsp3) is 0.190. The van der Waals surface area contributed by atoms with Gasteiger partial charge in [0, 0.05) is 12.2 Å². The van der Waals surface area contributed by atoms with Crippen LogP contribution in [0, 0.1) is 0 Å². The summed E-state index contributed by atoms with van der Waals surface area (Å²) in [6.07, 6.45) is 1.59. The number of amides is 1. The molecule has 26 heavy (non-hydrogen) atoms. The van der Waals surface area contributed by atoms with E-state index in [-0.39, 0.29) is 11.9 Å². The highest BCUT2D eigenvalue weighted by Gasteiger charge is 2.35. The number of hydrogen-bond donors (Lipinski definition) is 1. The first-order valence-corrected chi connectivity index (χ1v) is 9.86. The lowest BCUT2D eigenvalue weighted by Gasteiger charge is -2.22. The van der Waals surface area contributed by atoms with Crippen LogP contribution in [0.3, 0.4) is 0 Å². The molecule has 0 bridgehead atoms. The van der Waals surface area contributed by atoms with Crippen LogP contribution in [-0.4, -0.2) is 27.0 Å². The summed E-state index contributed by atoms with van der Waals surface area (Å²) in [7, 11) is -1.35. The molecule has 5 heteroatoms. The van der Waals surface area contributed by atoms with Crippen LogP contribution in [0.25, 0.3) is 10.8 Å². The molecular weight excluding hydrogens is 344 g/mol. The second kappa shape index (κ2) is 7.40. The van der Waals surface area contributed by atoms with E-state index in [1.165, 1.54) is 0 Å². The van der Waals surface area contributed by atoms with Gasteiger partial charge in [0.1, 0.15) is 17.0 Å². The third kappa shape index (κ3) is 3.41. The maximum Gasteiger partial charge on any atom is 0.242 e. The zero-order chi connectivity index (χ0) is 17.9. The van der Waals surface area contributed by atoms with Gasteiger partial charge >= 0.3 is 0 Å². The maximum absolute atomic E-state index is 13.1. The van der Waals surface area contributed by atoms with E-state index in [0.717, 1.165) is 34.2 Å². The Balaban J connectivity index is 1.55. The molecule has 3 aromatic carbocycles. The smallest absolute Gasteiger partial charge is 0.242 e. The fourth-order valence-corrected chi connectivity index (χ4v) is 4.77. The van der Waals surface area contributed by atoms with Crippen molar-refractivity contribution in [2.45, 2.75) is 23.8 Å². The molecule has 2 atom stereocenters. The zero-order valence-corrected chi connectivity index (χ0v) is 15.1. The molecule has 4 rings (SSSR count). The van der Waals surface area contributed by atoms with Crippen LogP contribution in [0.4, 0.5) is 5.69 Å². The van der Waals surface area contributed by atoms with E-state index >= 15 is 0 Å². The number of carbonyl (C=O) groups excluding carboxylic acids is 1. The van der Waals surface area contributed by atoms with Gasteiger partial charge in [0.25, 0.3) is 0 Å². The fourth-order valence-electron chi connectivity index (χ4n) is 3.36. The van der Waals surface area contributed by atoms with Crippen molar-refractivity contribution in [3.8, 4) is 0 Å². The molecule has 1 aliphatic rings. The number of hydrogen-bond acceptors (Lipinski definition) is 2. The molecule has 0 radical (unpaired) electrons. The molecule has 132 valence electrons. The average Bonchev–Trinajstić information content (AvgIpc) is 3.18. The summed E-state index contributed by atoms with van der Waals surface area (Å²) in [4.78, 5) is 13.4. The summed E-state index contributed by atoms with van der Waals surface area (Å²) in [6, 6.07) is 22.9. The molecule has 1 N–H and O–H groups in total. The summed E-state index contributed by atoms with van der Waals surface area (Å²) in [5, 5.41) is 5.11. The average molecular weight is 364 g/mol. The lowest BCUT2D eigenvalue weighted by atomic mass is 10.1. The SMILES string of the molecule is O=C(Nc1ccccc1)C1CCCN1S(=O)c1ccc2ccccc2c1. The number of fused-ring (bicyclic) bond motifs is 1. The van der Waals surface area contributed by atoms with Gasteiger partial charge in [-0.25, -0.2) is 8.51 Å². The summed E-state index contributed by atoms with van der Waals surface area (Å²) < 4.78 is 14.9. The van der Waals surface area contributed by atoms with Crippen LogP contribution in [0.2, 0.25) is 0 Å². The first-order valence-electron chi connectivity index (χ1n) is 8.75. The van der Waals surface area contributed by atoms with Gasteiger partial charge in [0.05, 0.1) is 4.90 Å². The lowest BCUT2D eigenvalue weighted by molar-refractivity contribution is -0.119. The van der Waals surface area contributed by atoms with Gasteiger partial charge < -0.3 is 5.32 Å². The molecule has 1 heterocycles. The highest BCUT2D eigenvalue weighted by Crippen LogP contribution is 2.26. The van der Waals surface area contributed by atoms with Crippen LogP contribution in [0.15, 0.2) is 77.7 Å². The topological polar surface area (TPSA) is 49.4 Å². The van der Waals surface area contributed by atoms with Crippen molar-refractivity contribution < 1.29 is 9.00 Å². The predicted molar refractivity (Wildman–Crippen MR) is 105 cm³/mol. The largest absolute Gasteiger partial charge is 0.325 e. The minimum atomic E-state index is -1.35. The quantitative estimate of drug-likeness (QED) is 0.762. The molecule has 4 nitrogen and oxygen atoms in total. The van der Waals surface area contributed by atoms with E-state index < -0.39 is 11.0 Å². The van der Waals surface area contributed by atoms with E-state index in [9.17, 15) is 9.00 Å². The summed E-state index contributed by atoms with van der Waals surface area (Å²) >= 11 is 0. The molecule has 2 unspecified atom stereocenters. The summed E-state index contributed by atoms with van der Waals surface area (Å²) in [5.41, 5.74) is 0.765. The number of benzene rings is 3. The summed E-state index contributed by atoms with van der Waals surface area (Å²) in [6.45, 7) is 0.659. The lowest BCUT2D eigenvalue weighted by Crippen LogP contribution is -2.40. The number of rotatable bonds is 4. The second-order valence-corrected chi connectivity index (χ2v) is 7.85. The van der Waals surface area contributed by atoms with Crippen molar-refractivity contribution in [3.05, 3.63) is 72.8 Å². The number of anilines is 1. The third-order valence-electron chi connectivity index (χ3n) is 4.68. The van der Waals surface area contributed by atoms with Gasteiger partial charge in [-0.2, -0.15) is 0 Å². The Hall–Kier alpha value is -2.50. The molecule has 0 aromatic heterocycles. The minimum Gasteiger partial charge on any atom is -0.325 e. The Kier molecular flexibility index (Phi) is 4.82. The number of nitrogens with one attached hydrogen (secondary N) is 1. The molecule has 1 fully saturated rings. The van der Waals surface area contributed by atoms with Gasteiger partial charge in [0.2, 0.25) is 5.91 Å². The first kappa shape index (κ1) is 16.9. The molecule has 1 aliphatic heterocycles. The third-order valence-corrected chi connectivity index (χ3v) is 6.20. The molecule has 1 saturated heterocycles. The van der Waals surface area contributed by atoms with Crippen LogP contribution in [0.5, 0.6) is 0 Å². The van der Waals surface area contributed by atoms with Crippen molar-refractivity contribution in [1.29, 1.82) is 0 Å². The minimum absolute atomic E-state index is 0.0946. The Labute approximate surface area is 155 Å². The maximum atomic E-state index is 13.1. The molecule has 0 aliphatic carbocycles. The Morgan fingerprint density at radius 1 is 0.962 bits per heavy atom. The Bertz CT molecular complexity index is 958. The van der Waals surface area contributed by atoms with E-state index in [2.05, 4.69) is 5.32 Å². The van der Waals surface area contributed by atoms with Crippen LogP contribution < -0.4 is 5.32 Å². The standard InChI is InChI=1S/C21H20N2O2S/c24-21(22-18-9-2-1-3-10-18)20-11-6-14-23(20)26(25)19-13-12-16-7-4-5-8-17(16)15-19/h1-5,7-10,12-13,15,20H,6,11,14H2,(H,22,24). The van der Waals surface area contributed by atoms with E-state index in [0.29, 0.717) is 6.54 Å². The van der Waals surface area contributed by atoms with E-state index in [1.807, 2.05) is 77.1 Å². The van der Waals surface area contributed by atoms with Gasteiger partial charge in [-0.1, -0.05) is 48.5 Å². The molecular formula is C21H20N2O2S. The van der Waals surface area contributed by atoms with Gasteiger partial charge in [-0.05, 0) is 47.9 Å². The number of para-hydroxylation sites is 1. The van der Waals surface area contributed by atoms with Crippen LogP contribution in [-0.2, 0) is 15.8 Å². The summed E-state index contributed by atoms with van der Waals surface area (Å²) in [5.74, 6) is -0.0946. The van der Waals surface area contributed by atoms with E-state index in [4.69, 9.17) is 0 Å². The molecule has 3 aromatic rings. The first-order chi connectivity index (χ1) is 12.7. The van der Waals surface area contributed by atoms with E-state index in [1.54, 1.807) is 0 Å². The zero-order valence-electron chi connectivity index (χ0n) is 14.3. The highest BCUT2D eigenvalue weighted by atomic mass is 32.2. The van der Waals surface area contributed by atoms with Crippen molar-refractivity contribution >= 4 is 33.4 Å². The van der Waals surface area contributed by atoms with Crippen LogP contribution >= 0.6 is 0 Å². The van der Waals surface area contributed by atoms with Crippen molar-refractivity contribution in [1.82, 2.24) is 4.31 Å². The van der Waals surface area contributed by atoms with Gasteiger partial charge in [-0.15, -0.1) is 0 Å². The van der Waals surface area contributed by atoms with Crippen molar-refractivity contribution in [3.63, 3.8) is 0 Å². The van der Waals surface area contributed by atoms with Crippen molar-refractivity contribution in [2.75, 3.05) is 11.9 Å². The monoisotopic (exact) mass is 364 g/mol. The Morgan fingerprint density at radius 2 is 1.69 bits per heavy atom. The number of carbonyl (C=O) groups is 1. The van der Waals surface area contributed by atoms with Gasteiger partial charge in [0.15, 0.2) is 0 Å². The van der Waals surface area contributed by atoms with Gasteiger partial charge in [-0.3, -0.25) is 4.79 Å².